The van der Waals surface area contributed by atoms with E-state index in [-0.39, 0.29) is 30.0 Å². The number of amides is 1. The van der Waals surface area contributed by atoms with Crippen LogP contribution >= 0.6 is 0 Å². The van der Waals surface area contributed by atoms with Crippen molar-refractivity contribution in [2.24, 2.45) is 11.8 Å². The molecule has 0 saturated carbocycles. The summed E-state index contributed by atoms with van der Waals surface area (Å²) in [5, 5.41) is 12.2. The van der Waals surface area contributed by atoms with Gasteiger partial charge >= 0.3 is 17.9 Å². The molecule has 1 aliphatic carbocycles. The van der Waals surface area contributed by atoms with Crippen LogP contribution in [0.2, 0.25) is 0 Å². The van der Waals surface area contributed by atoms with E-state index in [2.05, 4.69) is 5.32 Å². The molecule has 0 spiro atoms. The number of benzene rings is 1. The number of carbonyl (C=O) groups is 4. The van der Waals surface area contributed by atoms with Crippen LogP contribution in [0.1, 0.15) is 61.3 Å². The lowest BCUT2D eigenvalue weighted by Gasteiger charge is -2.29. The van der Waals surface area contributed by atoms with Crippen molar-refractivity contribution in [1.29, 1.82) is 0 Å². The second-order valence-corrected chi connectivity index (χ2v) is 7.25. The molecule has 2 atom stereocenters. The highest BCUT2D eigenvalue weighted by molar-refractivity contribution is 6.00. The number of allylic oxidation sites excluding steroid dienone is 2. The van der Waals surface area contributed by atoms with Crippen LogP contribution in [0.4, 0.5) is 5.69 Å². The predicted octanol–water partition coefficient (Wildman–Crippen LogP) is 3.43. The number of hydrogen-bond donors (Lipinski definition) is 2. The van der Waals surface area contributed by atoms with Crippen LogP contribution in [0.15, 0.2) is 29.3 Å². The summed E-state index contributed by atoms with van der Waals surface area (Å²) in [6.45, 7) is 7.36. The van der Waals surface area contributed by atoms with Crippen molar-refractivity contribution in [3.63, 3.8) is 0 Å². The molecule has 0 aliphatic heterocycles. The fourth-order valence-electron chi connectivity index (χ4n) is 3.43. The third kappa shape index (κ3) is 5.46. The Morgan fingerprint density at radius 1 is 0.900 bits per heavy atom. The van der Waals surface area contributed by atoms with Gasteiger partial charge in [-0.1, -0.05) is 11.1 Å². The first-order chi connectivity index (χ1) is 14.2. The standard InChI is InChI=1S/C22H27NO7/c1-5-29-21(27)14-9-15(22(28)30-6-2)11-16(10-14)23-19(24)17-7-12(3)13(4)8-18(17)20(25)26/h9-11,17-18H,5-8H2,1-4H3,(H,23,24)(H,25,26)/t17-,18+/m0/s1. The van der Waals surface area contributed by atoms with Crippen molar-refractivity contribution in [2.45, 2.75) is 40.5 Å². The van der Waals surface area contributed by atoms with Gasteiger partial charge < -0.3 is 19.9 Å². The van der Waals surface area contributed by atoms with E-state index in [4.69, 9.17) is 9.47 Å². The lowest BCUT2D eigenvalue weighted by atomic mass is 9.76. The van der Waals surface area contributed by atoms with E-state index in [1.807, 2.05) is 13.8 Å². The maximum Gasteiger partial charge on any atom is 0.338 e. The van der Waals surface area contributed by atoms with E-state index in [0.717, 1.165) is 11.1 Å². The molecule has 1 aromatic carbocycles. The summed E-state index contributed by atoms with van der Waals surface area (Å²) in [5.41, 5.74) is 2.33. The molecule has 1 amide bonds. The molecule has 0 radical (unpaired) electrons. The number of carboxylic acids is 1. The monoisotopic (exact) mass is 417 g/mol. The molecule has 30 heavy (non-hydrogen) atoms. The second kappa shape index (κ2) is 10.0. The summed E-state index contributed by atoms with van der Waals surface area (Å²) < 4.78 is 9.97. The molecule has 1 aliphatic rings. The number of carbonyl (C=O) groups excluding carboxylic acids is 3. The summed E-state index contributed by atoms with van der Waals surface area (Å²) in [5.74, 6) is -4.40. The number of anilines is 1. The lowest BCUT2D eigenvalue weighted by Crippen LogP contribution is -2.36. The summed E-state index contributed by atoms with van der Waals surface area (Å²) in [6, 6.07) is 4.12. The van der Waals surface area contributed by atoms with E-state index in [9.17, 15) is 24.3 Å². The largest absolute Gasteiger partial charge is 0.481 e. The highest BCUT2D eigenvalue weighted by Gasteiger charge is 2.37. The molecule has 1 aromatic rings. The molecule has 2 rings (SSSR count). The maximum atomic E-state index is 12.9. The van der Waals surface area contributed by atoms with Crippen molar-refractivity contribution in [1.82, 2.24) is 0 Å². The summed E-state index contributed by atoms with van der Waals surface area (Å²) in [6.07, 6.45) is 0.632. The Kier molecular flexibility index (Phi) is 7.74. The van der Waals surface area contributed by atoms with Gasteiger partial charge in [-0.2, -0.15) is 0 Å². The van der Waals surface area contributed by atoms with E-state index in [1.165, 1.54) is 18.2 Å². The van der Waals surface area contributed by atoms with Crippen LogP contribution in [0.25, 0.3) is 0 Å². The first kappa shape index (κ1) is 23.1. The number of rotatable bonds is 7. The molecular formula is C22H27NO7. The normalized spacial score (nSPS) is 18.5. The van der Waals surface area contributed by atoms with Gasteiger partial charge in [-0.05, 0) is 58.7 Å². The molecular weight excluding hydrogens is 390 g/mol. The van der Waals surface area contributed by atoms with Crippen LogP contribution < -0.4 is 5.32 Å². The van der Waals surface area contributed by atoms with E-state index in [1.54, 1.807) is 13.8 Å². The third-order valence-corrected chi connectivity index (χ3v) is 5.14. The van der Waals surface area contributed by atoms with Crippen LogP contribution in [0.3, 0.4) is 0 Å². The van der Waals surface area contributed by atoms with Gasteiger partial charge in [0, 0.05) is 5.69 Å². The van der Waals surface area contributed by atoms with Crippen LogP contribution in [-0.2, 0) is 19.1 Å². The highest BCUT2D eigenvalue weighted by atomic mass is 16.5. The Bertz CT molecular complexity index is 851. The predicted molar refractivity (Wildman–Crippen MR) is 109 cm³/mol. The highest BCUT2D eigenvalue weighted by Crippen LogP contribution is 2.35. The molecule has 8 nitrogen and oxygen atoms in total. The number of nitrogens with one attached hydrogen (secondary N) is 1. The zero-order valence-corrected chi connectivity index (χ0v) is 17.6. The lowest BCUT2D eigenvalue weighted by molar-refractivity contribution is -0.146. The molecule has 0 saturated heterocycles. The van der Waals surface area contributed by atoms with Gasteiger partial charge in [0.1, 0.15) is 0 Å². The average Bonchev–Trinajstić information content (AvgIpc) is 2.69. The molecule has 0 aromatic heterocycles. The fourth-order valence-corrected chi connectivity index (χ4v) is 3.43. The topological polar surface area (TPSA) is 119 Å². The zero-order chi connectivity index (χ0) is 22.4. The van der Waals surface area contributed by atoms with E-state index >= 15 is 0 Å². The van der Waals surface area contributed by atoms with Gasteiger partial charge in [0.15, 0.2) is 0 Å². The number of hydrogen-bond acceptors (Lipinski definition) is 6. The Morgan fingerprint density at radius 3 is 1.80 bits per heavy atom. The SMILES string of the molecule is CCOC(=O)c1cc(NC(=O)[C@H]2CC(C)=C(C)C[C@H]2C(=O)O)cc(C(=O)OCC)c1. The Labute approximate surface area is 175 Å². The smallest absolute Gasteiger partial charge is 0.338 e. The fraction of sp³-hybridized carbons (Fsp3) is 0.455. The summed E-state index contributed by atoms with van der Waals surface area (Å²) in [4.78, 5) is 48.9. The molecule has 0 heterocycles. The molecule has 0 bridgehead atoms. The molecule has 2 N–H and O–H groups in total. The van der Waals surface area contributed by atoms with E-state index < -0.39 is 35.7 Å². The molecule has 162 valence electrons. The van der Waals surface area contributed by atoms with Gasteiger partial charge in [0.05, 0.1) is 36.2 Å². The second-order valence-electron chi connectivity index (χ2n) is 7.25. The third-order valence-electron chi connectivity index (χ3n) is 5.14. The Morgan fingerprint density at radius 2 is 1.37 bits per heavy atom. The number of esters is 2. The number of carboxylic acid groups (broad SMARTS) is 1. The minimum Gasteiger partial charge on any atom is -0.481 e. The first-order valence-corrected chi connectivity index (χ1v) is 9.86. The maximum absolute atomic E-state index is 12.9. The van der Waals surface area contributed by atoms with Crippen molar-refractivity contribution >= 4 is 29.5 Å². The van der Waals surface area contributed by atoms with Crippen LogP contribution in [0, 0.1) is 11.8 Å². The first-order valence-electron chi connectivity index (χ1n) is 9.86. The van der Waals surface area contributed by atoms with Crippen LogP contribution in [-0.4, -0.2) is 42.1 Å². The van der Waals surface area contributed by atoms with Crippen molar-refractivity contribution in [2.75, 3.05) is 18.5 Å². The zero-order valence-electron chi connectivity index (χ0n) is 17.6. The van der Waals surface area contributed by atoms with Crippen molar-refractivity contribution in [3.8, 4) is 0 Å². The minimum absolute atomic E-state index is 0.0862. The van der Waals surface area contributed by atoms with Crippen molar-refractivity contribution < 1.29 is 33.8 Å². The van der Waals surface area contributed by atoms with Crippen molar-refractivity contribution in [3.05, 3.63) is 40.5 Å². The van der Waals surface area contributed by atoms with Crippen LogP contribution in [0.5, 0.6) is 0 Å². The van der Waals surface area contributed by atoms with E-state index in [0.29, 0.717) is 12.8 Å². The van der Waals surface area contributed by atoms with Gasteiger partial charge in [-0.15, -0.1) is 0 Å². The molecule has 0 fully saturated rings. The van der Waals surface area contributed by atoms with Gasteiger partial charge in [-0.3, -0.25) is 9.59 Å². The molecule has 0 unspecified atom stereocenters. The Hall–Kier alpha value is -3.16. The molecule has 8 heteroatoms. The Balaban J connectivity index is 2.35. The summed E-state index contributed by atoms with van der Waals surface area (Å²) >= 11 is 0. The van der Waals surface area contributed by atoms with Gasteiger partial charge in [-0.25, -0.2) is 9.59 Å². The number of ether oxygens (including phenoxy) is 2. The van der Waals surface area contributed by atoms with Gasteiger partial charge in [0.25, 0.3) is 0 Å². The average molecular weight is 417 g/mol. The number of aliphatic carboxylic acids is 1. The quantitative estimate of drug-likeness (QED) is 0.515. The minimum atomic E-state index is -1.03. The summed E-state index contributed by atoms with van der Waals surface area (Å²) in [7, 11) is 0. The van der Waals surface area contributed by atoms with Gasteiger partial charge in [0.2, 0.25) is 5.91 Å².